The molecule has 0 fully saturated rings. The molecule has 39 heavy (non-hydrogen) atoms. The Kier molecular flexibility index (Phi) is 5.97. The lowest BCUT2D eigenvalue weighted by Gasteiger charge is -2.29. The number of allylic oxidation sites excluding steroid dienone is 4. The van der Waals surface area contributed by atoms with E-state index >= 15 is 0 Å². The summed E-state index contributed by atoms with van der Waals surface area (Å²) in [6.07, 6.45) is 2.99. The number of hydrogen-bond donors (Lipinski definition) is 3. The van der Waals surface area contributed by atoms with Crippen molar-refractivity contribution in [2.45, 2.75) is 46.6 Å². The zero-order chi connectivity index (χ0) is 28.4. The molecule has 0 radical (unpaired) electrons. The second-order valence-corrected chi connectivity index (χ2v) is 10.1. The van der Waals surface area contributed by atoms with Crippen molar-refractivity contribution in [3.63, 3.8) is 0 Å². The first-order chi connectivity index (χ1) is 18.4. The summed E-state index contributed by atoms with van der Waals surface area (Å²) in [4.78, 5) is 51.5. The predicted octanol–water partition coefficient (Wildman–Crippen LogP) is 4.02. The maximum absolute atomic E-state index is 13.9. The molecule has 200 valence electrons. The van der Waals surface area contributed by atoms with Crippen LogP contribution in [0.5, 0.6) is 17.2 Å². The molecule has 9 nitrogen and oxygen atoms in total. The molecule has 9 heteroatoms. The van der Waals surface area contributed by atoms with Crippen LogP contribution in [0.2, 0.25) is 0 Å². The molecular formula is C30H28N2O7. The third kappa shape index (κ3) is 3.68. The normalized spacial score (nSPS) is 19.4. The van der Waals surface area contributed by atoms with Gasteiger partial charge in [0, 0.05) is 53.1 Å². The van der Waals surface area contributed by atoms with E-state index in [2.05, 4.69) is 5.32 Å². The number of para-hydroxylation sites is 1. The number of fused-ring (bicyclic) bond motifs is 4. The highest BCUT2D eigenvalue weighted by molar-refractivity contribution is 6.31. The summed E-state index contributed by atoms with van der Waals surface area (Å²) < 4.78 is 7.74. The van der Waals surface area contributed by atoms with Crippen molar-refractivity contribution >= 4 is 34.0 Å². The molecule has 2 aromatic carbocycles. The molecule has 5 rings (SSSR count). The number of carbonyl (C=O) groups is 4. The Balaban J connectivity index is 1.49. The Morgan fingerprint density at radius 3 is 2.41 bits per heavy atom. The third-order valence-corrected chi connectivity index (χ3v) is 7.67. The molecule has 3 N–H and O–H groups in total. The van der Waals surface area contributed by atoms with Gasteiger partial charge in [0.05, 0.1) is 11.1 Å². The molecule has 0 spiro atoms. The van der Waals surface area contributed by atoms with E-state index < -0.39 is 28.5 Å². The van der Waals surface area contributed by atoms with Gasteiger partial charge in [-0.05, 0) is 40.7 Å². The number of carbonyl (C=O) groups excluding carboxylic acids is 4. The van der Waals surface area contributed by atoms with Gasteiger partial charge in [-0.1, -0.05) is 18.2 Å². The topological polar surface area (TPSA) is 135 Å². The quantitative estimate of drug-likeness (QED) is 0.248. The van der Waals surface area contributed by atoms with E-state index in [1.807, 2.05) is 28.8 Å². The van der Waals surface area contributed by atoms with Crippen LogP contribution in [0.15, 0.2) is 53.6 Å². The van der Waals surface area contributed by atoms with Crippen LogP contribution in [0, 0.1) is 6.92 Å². The van der Waals surface area contributed by atoms with E-state index in [-0.39, 0.29) is 45.3 Å². The highest BCUT2D eigenvalue weighted by atomic mass is 16.5. The maximum atomic E-state index is 13.9. The van der Waals surface area contributed by atoms with Crippen molar-refractivity contribution in [3.05, 3.63) is 75.8 Å². The Bertz CT molecular complexity index is 1710. The fourth-order valence-corrected chi connectivity index (χ4v) is 5.53. The average molecular weight is 529 g/mol. The summed E-state index contributed by atoms with van der Waals surface area (Å²) in [5, 5.41) is 25.5. The molecule has 0 bridgehead atoms. The molecule has 1 aromatic heterocycles. The van der Waals surface area contributed by atoms with Crippen molar-refractivity contribution in [2.24, 2.45) is 0 Å². The first-order valence-corrected chi connectivity index (χ1v) is 12.5. The highest BCUT2D eigenvalue weighted by Gasteiger charge is 2.56. The van der Waals surface area contributed by atoms with Crippen LogP contribution >= 0.6 is 0 Å². The van der Waals surface area contributed by atoms with E-state index in [0.717, 1.165) is 10.9 Å². The number of aromatic hydroxyl groups is 2. The van der Waals surface area contributed by atoms with E-state index in [9.17, 15) is 29.4 Å². The van der Waals surface area contributed by atoms with Crippen LogP contribution in [-0.2, 0) is 21.5 Å². The largest absolute Gasteiger partial charge is 0.507 e. The molecule has 2 aliphatic rings. The number of ketones is 4. The van der Waals surface area contributed by atoms with Gasteiger partial charge in [0.15, 0.2) is 23.1 Å². The van der Waals surface area contributed by atoms with Gasteiger partial charge in [0.2, 0.25) is 0 Å². The summed E-state index contributed by atoms with van der Waals surface area (Å²) in [5.74, 6) is -2.63. The Hall–Kier alpha value is -4.66. The van der Waals surface area contributed by atoms with Crippen molar-refractivity contribution in [2.75, 3.05) is 6.54 Å². The van der Waals surface area contributed by atoms with E-state index in [4.69, 9.17) is 4.74 Å². The lowest BCUT2D eigenvalue weighted by molar-refractivity contribution is -0.123. The zero-order valence-electron chi connectivity index (χ0n) is 22.3. The summed E-state index contributed by atoms with van der Waals surface area (Å²) in [7, 11) is 0. The minimum absolute atomic E-state index is 0.0116. The molecule has 1 aliphatic carbocycles. The zero-order valence-corrected chi connectivity index (χ0v) is 22.3. The van der Waals surface area contributed by atoms with Crippen LogP contribution in [0.3, 0.4) is 0 Å². The number of Topliss-reactive ketones (excluding diaryl/α,β-unsaturated/α-hetero) is 3. The number of nitrogens with one attached hydrogen (secondary N) is 1. The van der Waals surface area contributed by atoms with Gasteiger partial charge in [-0.25, -0.2) is 0 Å². The number of rotatable bonds is 6. The molecule has 0 unspecified atom stereocenters. The van der Waals surface area contributed by atoms with Crippen molar-refractivity contribution in [3.8, 4) is 17.2 Å². The number of aromatic nitrogens is 1. The lowest BCUT2D eigenvalue weighted by atomic mass is 9.70. The molecule has 0 saturated carbocycles. The number of nitrogens with zero attached hydrogens (tertiary/aromatic N) is 1. The summed E-state index contributed by atoms with van der Waals surface area (Å²) in [6.45, 7) is 8.18. The van der Waals surface area contributed by atoms with E-state index in [1.165, 1.54) is 33.8 Å². The molecule has 1 aliphatic heterocycles. The van der Waals surface area contributed by atoms with Gasteiger partial charge >= 0.3 is 0 Å². The minimum atomic E-state index is -1.57. The van der Waals surface area contributed by atoms with Crippen LogP contribution in [0.4, 0.5) is 0 Å². The van der Waals surface area contributed by atoms with Gasteiger partial charge in [-0.3, -0.25) is 19.2 Å². The van der Waals surface area contributed by atoms with Gasteiger partial charge in [0.25, 0.3) is 0 Å². The van der Waals surface area contributed by atoms with Crippen LogP contribution < -0.4 is 10.1 Å². The van der Waals surface area contributed by atoms with Gasteiger partial charge < -0.3 is 24.8 Å². The van der Waals surface area contributed by atoms with E-state index in [0.29, 0.717) is 24.4 Å². The number of ether oxygens (including phenoxy) is 1. The molecular weight excluding hydrogens is 500 g/mol. The Morgan fingerprint density at radius 1 is 1.05 bits per heavy atom. The summed E-state index contributed by atoms with van der Waals surface area (Å²) in [5.41, 5.74) is 0.146. The lowest BCUT2D eigenvalue weighted by Crippen LogP contribution is -2.41. The van der Waals surface area contributed by atoms with Crippen LogP contribution in [-0.4, -0.2) is 44.5 Å². The van der Waals surface area contributed by atoms with Gasteiger partial charge in [0.1, 0.15) is 34.0 Å². The minimum Gasteiger partial charge on any atom is -0.507 e. The van der Waals surface area contributed by atoms with E-state index in [1.54, 1.807) is 13.1 Å². The second kappa shape index (κ2) is 8.97. The molecule has 0 amide bonds. The van der Waals surface area contributed by atoms with Crippen LogP contribution in [0.1, 0.15) is 59.5 Å². The smallest absolute Gasteiger partial charge is 0.194 e. The monoisotopic (exact) mass is 528 g/mol. The summed E-state index contributed by atoms with van der Waals surface area (Å²) in [6, 6.07) is 7.58. The fraction of sp³-hybridized carbons (Fsp3) is 0.267. The van der Waals surface area contributed by atoms with Crippen molar-refractivity contribution in [1.29, 1.82) is 0 Å². The summed E-state index contributed by atoms with van der Waals surface area (Å²) >= 11 is 0. The number of phenols is 2. The maximum Gasteiger partial charge on any atom is 0.194 e. The first kappa shape index (κ1) is 26.0. The Morgan fingerprint density at radius 2 is 1.74 bits per heavy atom. The molecule has 0 saturated heterocycles. The SMILES string of the molecule is CC(=O)c1c(O)c(C)c(O)c2c1OC1=CC(=O)/C(=C(/C)NCCn3cc(C(C)=O)c4ccccc43)C(=O)[C@@]12C. The van der Waals surface area contributed by atoms with Crippen LogP contribution in [0.25, 0.3) is 10.9 Å². The number of benzene rings is 2. The fourth-order valence-electron chi connectivity index (χ4n) is 5.53. The molecule has 1 atom stereocenters. The number of phenolic OH excluding ortho intramolecular Hbond substituents is 2. The second-order valence-electron chi connectivity index (χ2n) is 10.1. The Labute approximate surface area is 224 Å². The first-order valence-electron chi connectivity index (χ1n) is 12.5. The van der Waals surface area contributed by atoms with Crippen molar-refractivity contribution < 1.29 is 34.1 Å². The number of hydrogen-bond acceptors (Lipinski definition) is 8. The van der Waals surface area contributed by atoms with Gasteiger partial charge in [-0.2, -0.15) is 0 Å². The molecule has 2 heterocycles. The van der Waals surface area contributed by atoms with Crippen molar-refractivity contribution in [1.82, 2.24) is 9.88 Å². The average Bonchev–Trinajstić information content (AvgIpc) is 3.39. The third-order valence-electron chi connectivity index (χ3n) is 7.67. The predicted molar refractivity (Wildman–Crippen MR) is 143 cm³/mol. The standard InChI is InChI=1S/C30H28N2O7/c1-14-26(36)24(17(4)34)28-25(27(14)37)30(5)22(39-28)12-21(35)23(29(30)38)15(2)31-10-11-32-13-19(16(3)33)18-8-6-7-9-20(18)32/h6-9,12-13,31,36-37H,10-11H2,1-5H3/b23-15+/t30-/m0/s1. The van der Waals surface area contributed by atoms with Gasteiger partial charge in [-0.15, -0.1) is 0 Å². The highest BCUT2D eigenvalue weighted by Crippen LogP contribution is 2.57. The molecule has 3 aromatic rings.